The lowest BCUT2D eigenvalue weighted by Gasteiger charge is -2.13. The fourth-order valence-electron chi connectivity index (χ4n) is 3.02. The van der Waals surface area contributed by atoms with E-state index in [0.717, 1.165) is 0 Å². The van der Waals surface area contributed by atoms with E-state index in [4.69, 9.17) is 48.7 Å². The molecule has 1 heterocycles. The Kier molecular flexibility index (Phi) is 10.1. The second kappa shape index (κ2) is 12.6. The highest BCUT2D eigenvalue weighted by Crippen LogP contribution is 2.35. The number of carbonyl (C=O) groups excluding carboxylic acids is 1. The number of amides is 1. The number of alkyl halides is 3. The fraction of sp³-hybridized carbons (Fsp3) is 0.208. The van der Waals surface area contributed by atoms with Crippen LogP contribution in [0.1, 0.15) is 38.4 Å². The minimum atomic E-state index is -4.89. The second-order valence-corrected chi connectivity index (χ2v) is 8.42. The van der Waals surface area contributed by atoms with Crippen LogP contribution in [0.3, 0.4) is 0 Å². The summed E-state index contributed by atoms with van der Waals surface area (Å²) in [5.74, 6) is -1.35. The molecule has 0 aliphatic rings. The number of carbonyl (C=O) groups is 1. The number of hydrogen-bond donors (Lipinski definition) is 4. The maximum absolute atomic E-state index is 15.0. The van der Waals surface area contributed by atoms with Crippen molar-refractivity contribution in [3.8, 4) is 23.6 Å². The first kappa shape index (κ1) is 30.4. The Bertz CT molecular complexity index is 1430. The van der Waals surface area contributed by atoms with Gasteiger partial charge in [-0.3, -0.25) is 4.79 Å². The lowest BCUT2D eigenvalue weighted by molar-refractivity contribution is -0.275. The first-order chi connectivity index (χ1) is 17.7. The summed E-state index contributed by atoms with van der Waals surface area (Å²) in [5, 5.41) is 35.7. The summed E-state index contributed by atoms with van der Waals surface area (Å²) in [6, 6.07) is 11.1. The average molecular weight is 573 g/mol. The van der Waals surface area contributed by atoms with Gasteiger partial charge < -0.3 is 25.3 Å². The van der Waals surface area contributed by atoms with Crippen molar-refractivity contribution in [3.05, 3.63) is 79.8 Å². The molecule has 0 spiro atoms. The Morgan fingerprint density at radius 2 is 1.79 bits per heavy atom. The molecule has 38 heavy (non-hydrogen) atoms. The van der Waals surface area contributed by atoms with Gasteiger partial charge in [0.2, 0.25) is 0 Å². The monoisotopic (exact) mass is 572 g/mol. The second-order valence-electron chi connectivity index (χ2n) is 7.57. The normalized spacial score (nSPS) is 10.8. The van der Waals surface area contributed by atoms with Gasteiger partial charge in [0.25, 0.3) is 12.2 Å². The van der Waals surface area contributed by atoms with Gasteiger partial charge in [-0.15, -0.1) is 0 Å². The number of H-pyrrole nitrogens is 1. The molecule has 3 aromatic rings. The number of aromatic nitrogens is 1. The van der Waals surface area contributed by atoms with E-state index in [9.17, 15) is 18.0 Å². The fourth-order valence-corrected chi connectivity index (χ4v) is 3.43. The minimum Gasteiger partial charge on any atom is -0.453 e. The molecule has 0 aliphatic carbocycles. The van der Waals surface area contributed by atoms with E-state index in [2.05, 4.69) is 10.3 Å². The Balaban J connectivity index is 0.000000638. The van der Waals surface area contributed by atoms with Gasteiger partial charge in [0.1, 0.15) is 17.5 Å². The molecule has 1 aromatic heterocycles. The summed E-state index contributed by atoms with van der Waals surface area (Å²) in [6.07, 6.45) is -8.09. The Morgan fingerprint density at radius 3 is 2.32 bits per heavy atom. The molecular weight excluding hydrogens is 555 g/mol. The number of aliphatic hydroxyl groups is 2. The number of aromatic amines is 1. The van der Waals surface area contributed by atoms with Gasteiger partial charge in [0, 0.05) is 22.8 Å². The van der Waals surface area contributed by atoms with E-state index in [1.54, 1.807) is 13.8 Å². The third-order valence-electron chi connectivity index (χ3n) is 4.86. The van der Waals surface area contributed by atoms with E-state index < -0.39 is 24.2 Å². The molecule has 0 atom stereocenters. The molecule has 200 valence electrons. The summed E-state index contributed by atoms with van der Waals surface area (Å²) in [5.41, 5.74) is 2.12. The van der Waals surface area contributed by atoms with Crippen molar-refractivity contribution in [1.29, 1.82) is 10.5 Å². The van der Waals surface area contributed by atoms with Crippen LogP contribution in [0.4, 0.5) is 17.6 Å². The van der Waals surface area contributed by atoms with Gasteiger partial charge in [-0.2, -0.15) is 23.7 Å². The number of nitriles is 2. The van der Waals surface area contributed by atoms with Crippen LogP contribution < -0.4 is 10.1 Å². The van der Waals surface area contributed by atoms with Crippen molar-refractivity contribution >= 4 is 29.1 Å². The summed E-state index contributed by atoms with van der Waals surface area (Å²) in [4.78, 5) is 15.4. The zero-order valence-electron chi connectivity index (χ0n) is 19.5. The van der Waals surface area contributed by atoms with Crippen molar-refractivity contribution in [2.75, 3.05) is 0 Å². The molecular formula is C24H18Cl2F4N4O4. The van der Waals surface area contributed by atoms with Gasteiger partial charge in [0.05, 0.1) is 22.2 Å². The maximum Gasteiger partial charge on any atom is 0.439 e. The summed E-state index contributed by atoms with van der Waals surface area (Å²) in [6.45, 7) is 3.21. The number of halogens is 6. The van der Waals surface area contributed by atoms with Crippen molar-refractivity contribution in [3.63, 3.8) is 0 Å². The van der Waals surface area contributed by atoms with Crippen LogP contribution in [0.15, 0.2) is 30.3 Å². The number of benzene rings is 2. The van der Waals surface area contributed by atoms with Crippen LogP contribution in [0.5, 0.6) is 11.5 Å². The van der Waals surface area contributed by atoms with E-state index in [-0.39, 0.29) is 44.9 Å². The molecule has 14 heteroatoms. The zero-order chi connectivity index (χ0) is 28.8. The Morgan fingerprint density at radius 1 is 1.16 bits per heavy atom. The van der Waals surface area contributed by atoms with Crippen molar-refractivity contribution in [2.24, 2.45) is 0 Å². The summed E-state index contributed by atoms with van der Waals surface area (Å²) >= 11 is 12.1. The average Bonchev–Trinajstić information content (AvgIpc) is 3.13. The van der Waals surface area contributed by atoms with E-state index >= 15 is 4.39 Å². The van der Waals surface area contributed by atoms with Gasteiger partial charge in [0.15, 0.2) is 11.6 Å². The lowest BCUT2D eigenvalue weighted by atomic mass is 10.1. The summed E-state index contributed by atoms with van der Waals surface area (Å²) in [7, 11) is 0. The molecule has 0 aliphatic heterocycles. The van der Waals surface area contributed by atoms with Crippen LogP contribution in [0.25, 0.3) is 0 Å². The van der Waals surface area contributed by atoms with E-state index in [1.165, 1.54) is 30.3 Å². The molecule has 0 saturated heterocycles. The topological polar surface area (TPSA) is 142 Å². The predicted molar refractivity (Wildman–Crippen MR) is 128 cm³/mol. The number of nitrogens with zero attached hydrogens (tertiary/aromatic N) is 2. The van der Waals surface area contributed by atoms with Gasteiger partial charge in [-0.1, -0.05) is 29.3 Å². The van der Waals surface area contributed by atoms with Crippen LogP contribution in [-0.2, 0) is 6.54 Å². The molecule has 4 N–H and O–H groups in total. The SMILES string of the molecule is Cc1[nH]c(C(=O)NCc2ccc(Cl)c(Oc3cc(Cl)cc(C#N)c3)c2F)c(C)c1C#N.OC(O)C(F)(F)F. The van der Waals surface area contributed by atoms with Gasteiger partial charge >= 0.3 is 6.18 Å². The predicted octanol–water partition coefficient (Wildman–Crippen LogP) is 5.40. The largest absolute Gasteiger partial charge is 0.453 e. The van der Waals surface area contributed by atoms with Gasteiger partial charge in [-0.05, 0) is 43.7 Å². The number of aliphatic hydroxyl groups excluding tert-OH is 1. The number of ether oxygens (including phenoxy) is 1. The molecule has 0 radical (unpaired) electrons. The zero-order valence-corrected chi connectivity index (χ0v) is 21.1. The third-order valence-corrected chi connectivity index (χ3v) is 5.37. The number of nitrogens with one attached hydrogen (secondary N) is 2. The quantitative estimate of drug-likeness (QED) is 0.238. The van der Waals surface area contributed by atoms with Crippen LogP contribution in [0, 0.1) is 42.3 Å². The number of hydrogen-bond acceptors (Lipinski definition) is 6. The van der Waals surface area contributed by atoms with Crippen LogP contribution in [-0.4, -0.2) is 33.6 Å². The smallest absolute Gasteiger partial charge is 0.439 e. The van der Waals surface area contributed by atoms with E-state index in [0.29, 0.717) is 16.8 Å². The standard InChI is InChI=1S/C22H15Cl2FN4O2.C2H3F3O2/c1-11-17(9-27)12(2)29-20(11)22(30)28-10-14-3-4-18(24)21(19(14)25)31-16-6-13(8-26)5-15(23)7-16;3-2(4,5)1(6)7/h3-7,29H,10H2,1-2H3,(H,28,30);1,6-7H. The third kappa shape index (κ3) is 7.60. The highest BCUT2D eigenvalue weighted by molar-refractivity contribution is 6.32. The van der Waals surface area contributed by atoms with Crippen LogP contribution in [0.2, 0.25) is 10.0 Å². The first-order valence-electron chi connectivity index (χ1n) is 10.3. The molecule has 3 rings (SSSR count). The molecule has 0 bridgehead atoms. The van der Waals surface area contributed by atoms with Crippen molar-refractivity contribution in [1.82, 2.24) is 10.3 Å². The van der Waals surface area contributed by atoms with Gasteiger partial charge in [-0.25, -0.2) is 4.39 Å². The lowest BCUT2D eigenvalue weighted by Crippen LogP contribution is -2.27. The minimum absolute atomic E-state index is 0.0144. The Labute approximate surface area is 223 Å². The van der Waals surface area contributed by atoms with Crippen LogP contribution >= 0.6 is 23.2 Å². The highest BCUT2D eigenvalue weighted by Gasteiger charge is 2.36. The molecule has 1 amide bonds. The van der Waals surface area contributed by atoms with Crippen molar-refractivity contribution in [2.45, 2.75) is 32.9 Å². The molecule has 0 fully saturated rings. The van der Waals surface area contributed by atoms with E-state index in [1.807, 2.05) is 12.1 Å². The molecule has 2 aromatic carbocycles. The molecule has 0 unspecified atom stereocenters. The summed E-state index contributed by atoms with van der Waals surface area (Å²) < 4.78 is 52.6. The maximum atomic E-state index is 15.0. The first-order valence-corrected chi connectivity index (χ1v) is 11.1. The Hall–Kier alpha value is -3.81. The number of aryl methyl sites for hydroxylation is 1. The molecule has 8 nitrogen and oxygen atoms in total. The molecule has 0 saturated carbocycles. The highest BCUT2D eigenvalue weighted by atomic mass is 35.5. The van der Waals surface area contributed by atoms with Crippen molar-refractivity contribution < 1.29 is 37.3 Å². The number of rotatable bonds is 5.